The SMILES string of the molecule is CNC(=O)c1cccc(N2CC(CN=[N+]=[N-])CC2=O)c1. The molecule has 7 heteroatoms. The van der Waals surface area contributed by atoms with Gasteiger partial charge in [-0.1, -0.05) is 11.2 Å². The number of rotatable bonds is 4. The fourth-order valence-corrected chi connectivity index (χ4v) is 2.26. The van der Waals surface area contributed by atoms with Crippen molar-refractivity contribution >= 4 is 17.5 Å². The second kappa shape index (κ2) is 6.08. The average molecular weight is 273 g/mol. The second-order valence-corrected chi connectivity index (χ2v) is 4.62. The molecule has 2 rings (SSSR count). The Bertz CT molecular complexity index is 580. The summed E-state index contributed by atoms with van der Waals surface area (Å²) < 4.78 is 0. The first-order chi connectivity index (χ1) is 9.65. The van der Waals surface area contributed by atoms with E-state index in [1.807, 2.05) is 0 Å². The summed E-state index contributed by atoms with van der Waals surface area (Å²) in [6.45, 7) is 0.822. The first-order valence-electron chi connectivity index (χ1n) is 6.29. The van der Waals surface area contributed by atoms with Crippen LogP contribution in [-0.2, 0) is 4.79 Å². The van der Waals surface area contributed by atoms with Crippen LogP contribution in [0.5, 0.6) is 0 Å². The lowest BCUT2D eigenvalue weighted by Crippen LogP contribution is -2.25. The molecular formula is C13H15N5O2. The number of nitrogens with one attached hydrogen (secondary N) is 1. The molecule has 0 bridgehead atoms. The molecule has 0 saturated carbocycles. The summed E-state index contributed by atoms with van der Waals surface area (Å²) in [6, 6.07) is 6.92. The molecule has 0 aliphatic carbocycles. The molecule has 7 nitrogen and oxygen atoms in total. The fourth-order valence-electron chi connectivity index (χ4n) is 2.26. The van der Waals surface area contributed by atoms with Gasteiger partial charge in [0, 0.05) is 42.7 Å². The van der Waals surface area contributed by atoms with Gasteiger partial charge in [0.05, 0.1) is 0 Å². The monoisotopic (exact) mass is 273 g/mol. The van der Waals surface area contributed by atoms with Gasteiger partial charge in [-0.15, -0.1) is 0 Å². The Kier molecular flexibility index (Phi) is 4.22. The molecule has 1 atom stereocenters. The van der Waals surface area contributed by atoms with Crippen LogP contribution in [0.1, 0.15) is 16.8 Å². The number of amides is 2. The normalized spacial score (nSPS) is 17.8. The van der Waals surface area contributed by atoms with E-state index >= 15 is 0 Å². The largest absolute Gasteiger partial charge is 0.355 e. The molecule has 0 aromatic heterocycles. The van der Waals surface area contributed by atoms with Crippen molar-refractivity contribution in [1.29, 1.82) is 0 Å². The summed E-state index contributed by atoms with van der Waals surface area (Å²) in [7, 11) is 1.56. The van der Waals surface area contributed by atoms with Gasteiger partial charge in [0.2, 0.25) is 5.91 Å². The van der Waals surface area contributed by atoms with E-state index in [1.165, 1.54) is 0 Å². The maximum Gasteiger partial charge on any atom is 0.251 e. The van der Waals surface area contributed by atoms with Crippen LogP contribution >= 0.6 is 0 Å². The lowest BCUT2D eigenvalue weighted by atomic mass is 10.1. The van der Waals surface area contributed by atoms with Crippen LogP contribution in [0, 0.1) is 5.92 Å². The fraction of sp³-hybridized carbons (Fsp3) is 0.385. The van der Waals surface area contributed by atoms with E-state index in [4.69, 9.17) is 5.53 Å². The van der Waals surface area contributed by atoms with Gasteiger partial charge in [-0.05, 0) is 29.6 Å². The molecule has 20 heavy (non-hydrogen) atoms. The minimum Gasteiger partial charge on any atom is -0.355 e. The number of benzene rings is 1. The molecule has 1 aromatic carbocycles. The van der Waals surface area contributed by atoms with Gasteiger partial charge < -0.3 is 10.2 Å². The standard InChI is InChI=1S/C13H15N5O2/c1-15-13(20)10-3-2-4-11(6-10)18-8-9(5-12(18)19)7-16-17-14/h2-4,6,9H,5,7-8H2,1H3,(H,15,20). The predicted molar refractivity (Wildman–Crippen MR) is 74.3 cm³/mol. The highest BCUT2D eigenvalue weighted by Crippen LogP contribution is 2.26. The Labute approximate surface area is 116 Å². The molecule has 0 radical (unpaired) electrons. The molecule has 1 aromatic rings. The second-order valence-electron chi connectivity index (χ2n) is 4.62. The minimum absolute atomic E-state index is 0.0165. The van der Waals surface area contributed by atoms with Crippen LogP contribution in [-0.4, -0.2) is 32.0 Å². The van der Waals surface area contributed by atoms with Crippen molar-refractivity contribution in [1.82, 2.24) is 5.32 Å². The quantitative estimate of drug-likeness (QED) is 0.513. The van der Waals surface area contributed by atoms with E-state index in [0.29, 0.717) is 30.8 Å². The Morgan fingerprint density at radius 2 is 2.40 bits per heavy atom. The lowest BCUT2D eigenvalue weighted by molar-refractivity contribution is -0.117. The summed E-state index contributed by atoms with van der Waals surface area (Å²) in [5.74, 6) is -0.177. The summed E-state index contributed by atoms with van der Waals surface area (Å²) in [4.78, 5) is 27.9. The maximum atomic E-state index is 12.0. The van der Waals surface area contributed by atoms with Crippen molar-refractivity contribution < 1.29 is 9.59 Å². The molecule has 1 aliphatic rings. The van der Waals surface area contributed by atoms with Crippen molar-refractivity contribution in [2.75, 3.05) is 25.0 Å². The molecule has 1 unspecified atom stereocenters. The maximum absolute atomic E-state index is 12.0. The van der Waals surface area contributed by atoms with E-state index in [9.17, 15) is 9.59 Å². The van der Waals surface area contributed by atoms with Crippen LogP contribution in [0.2, 0.25) is 0 Å². The molecule has 1 aliphatic heterocycles. The summed E-state index contributed by atoms with van der Waals surface area (Å²) in [5.41, 5.74) is 9.52. The third-order valence-corrected chi connectivity index (χ3v) is 3.26. The van der Waals surface area contributed by atoms with Gasteiger partial charge in [0.15, 0.2) is 0 Å². The third kappa shape index (κ3) is 2.89. The van der Waals surface area contributed by atoms with Gasteiger partial charge in [0.25, 0.3) is 5.91 Å². The molecular weight excluding hydrogens is 258 g/mol. The van der Waals surface area contributed by atoms with Gasteiger partial charge >= 0.3 is 0 Å². The zero-order chi connectivity index (χ0) is 14.5. The lowest BCUT2D eigenvalue weighted by Gasteiger charge is -2.17. The highest BCUT2D eigenvalue weighted by atomic mass is 16.2. The van der Waals surface area contributed by atoms with Crippen LogP contribution in [0.3, 0.4) is 0 Å². The minimum atomic E-state index is -0.191. The van der Waals surface area contributed by atoms with E-state index in [1.54, 1.807) is 36.2 Å². The van der Waals surface area contributed by atoms with Crippen molar-refractivity contribution in [3.8, 4) is 0 Å². The number of carbonyl (C=O) groups is 2. The topological polar surface area (TPSA) is 98.2 Å². The smallest absolute Gasteiger partial charge is 0.251 e. The zero-order valence-electron chi connectivity index (χ0n) is 11.1. The van der Waals surface area contributed by atoms with Crippen LogP contribution in [0.15, 0.2) is 29.4 Å². The van der Waals surface area contributed by atoms with Crippen molar-refractivity contribution in [3.05, 3.63) is 40.3 Å². The first kappa shape index (κ1) is 13.9. The average Bonchev–Trinajstić information content (AvgIpc) is 2.85. The number of anilines is 1. The van der Waals surface area contributed by atoms with Crippen molar-refractivity contribution in [3.63, 3.8) is 0 Å². The third-order valence-electron chi connectivity index (χ3n) is 3.26. The molecule has 2 amide bonds. The summed E-state index contributed by atoms with van der Waals surface area (Å²) in [5, 5.41) is 6.06. The molecule has 1 fully saturated rings. The van der Waals surface area contributed by atoms with Gasteiger partial charge in [-0.3, -0.25) is 9.59 Å². The number of nitrogens with zero attached hydrogens (tertiary/aromatic N) is 4. The molecule has 1 heterocycles. The number of carbonyl (C=O) groups excluding carboxylic acids is 2. The Morgan fingerprint density at radius 1 is 1.60 bits per heavy atom. The molecule has 0 spiro atoms. The number of azide groups is 1. The van der Waals surface area contributed by atoms with Crippen LogP contribution < -0.4 is 10.2 Å². The van der Waals surface area contributed by atoms with Gasteiger partial charge in [-0.2, -0.15) is 0 Å². The van der Waals surface area contributed by atoms with Gasteiger partial charge in [0.1, 0.15) is 0 Å². The molecule has 1 saturated heterocycles. The summed E-state index contributed by atoms with van der Waals surface area (Å²) >= 11 is 0. The Hall–Kier alpha value is -2.53. The van der Waals surface area contributed by atoms with Crippen LogP contribution in [0.25, 0.3) is 10.4 Å². The van der Waals surface area contributed by atoms with Crippen LogP contribution in [0.4, 0.5) is 5.69 Å². The summed E-state index contributed by atoms with van der Waals surface area (Å²) in [6.07, 6.45) is 0.364. The van der Waals surface area contributed by atoms with E-state index in [-0.39, 0.29) is 17.7 Å². The highest BCUT2D eigenvalue weighted by molar-refractivity contribution is 5.99. The van der Waals surface area contributed by atoms with Crippen molar-refractivity contribution in [2.45, 2.75) is 6.42 Å². The van der Waals surface area contributed by atoms with Gasteiger partial charge in [-0.25, -0.2) is 0 Å². The Morgan fingerprint density at radius 3 is 3.10 bits per heavy atom. The first-order valence-corrected chi connectivity index (χ1v) is 6.29. The predicted octanol–water partition coefficient (Wildman–Crippen LogP) is 1.71. The van der Waals surface area contributed by atoms with Crippen molar-refractivity contribution in [2.24, 2.45) is 11.0 Å². The number of hydrogen-bond donors (Lipinski definition) is 1. The number of hydrogen-bond acceptors (Lipinski definition) is 3. The highest BCUT2D eigenvalue weighted by Gasteiger charge is 2.30. The van der Waals surface area contributed by atoms with E-state index in [2.05, 4.69) is 15.3 Å². The molecule has 104 valence electrons. The Balaban J connectivity index is 2.17. The van der Waals surface area contributed by atoms with E-state index in [0.717, 1.165) is 0 Å². The van der Waals surface area contributed by atoms with E-state index < -0.39 is 0 Å². The molecule has 1 N–H and O–H groups in total. The zero-order valence-corrected chi connectivity index (χ0v) is 11.1.